The molecule has 0 aromatic carbocycles. The molecule has 20 heavy (non-hydrogen) atoms. The summed E-state index contributed by atoms with van der Waals surface area (Å²) in [7, 11) is 0. The quantitative estimate of drug-likeness (QED) is 0.742. The molecule has 2 rings (SSSR count). The van der Waals surface area contributed by atoms with Gasteiger partial charge < -0.3 is 15.5 Å². The highest BCUT2D eigenvalue weighted by Crippen LogP contribution is 2.25. The molecule has 0 saturated heterocycles. The second-order valence-electron chi connectivity index (χ2n) is 5.50. The number of nitrogens with one attached hydrogen (secondary N) is 1. The van der Waals surface area contributed by atoms with Crippen molar-refractivity contribution in [3.8, 4) is 0 Å². The second-order valence-corrected chi connectivity index (χ2v) is 5.50. The summed E-state index contributed by atoms with van der Waals surface area (Å²) in [5.74, 6) is -0.203. The average molecular weight is 278 g/mol. The summed E-state index contributed by atoms with van der Waals surface area (Å²) < 4.78 is 0. The number of aryl methyl sites for hydroxylation is 2. The molecule has 1 heterocycles. The van der Waals surface area contributed by atoms with Gasteiger partial charge in [0.25, 0.3) is 0 Å². The maximum absolute atomic E-state index is 11.4. The van der Waals surface area contributed by atoms with E-state index >= 15 is 0 Å². The van der Waals surface area contributed by atoms with Gasteiger partial charge in [-0.25, -0.2) is 9.78 Å². The second kappa shape index (κ2) is 6.70. The van der Waals surface area contributed by atoms with E-state index in [0.29, 0.717) is 18.8 Å². The number of nitrogens with zero attached hydrogens (tertiary/aromatic N) is 1. The maximum atomic E-state index is 11.4. The molecule has 0 aliphatic heterocycles. The van der Waals surface area contributed by atoms with Crippen LogP contribution in [0.3, 0.4) is 0 Å². The van der Waals surface area contributed by atoms with Crippen molar-refractivity contribution in [3.63, 3.8) is 0 Å². The zero-order valence-corrected chi connectivity index (χ0v) is 11.9. The first kappa shape index (κ1) is 14.8. The van der Waals surface area contributed by atoms with Gasteiger partial charge in [-0.3, -0.25) is 0 Å². The summed E-state index contributed by atoms with van der Waals surface area (Å²) >= 11 is 0. The molecule has 0 radical (unpaired) electrons. The Morgan fingerprint density at radius 1 is 1.45 bits per heavy atom. The molecular weight excluding hydrogens is 256 g/mol. The topological polar surface area (TPSA) is 82.5 Å². The number of carboxylic acids is 1. The predicted octanol–water partition coefficient (Wildman–Crippen LogP) is 2.09. The van der Waals surface area contributed by atoms with Gasteiger partial charge in [-0.2, -0.15) is 0 Å². The smallest absolute Gasteiger partial charge is 0.339 e. The molecule has 3 N–H and O–H groups in total. The molecule has 0 fully saturated rings. The molecule has 110 valence electrons. The first-order valence-corrected chi connectivity index (χ1v) is 7.22. The molecule has 1 aromatic rings. The van der Waals surface area contributed by atoms with E-state index in [9.17, 15) is 9.90 Å². The fraction of sp³-hybridized carbons (Fsp3) is 0.600. The summed E-state index contributed by atoms with van der Waals surface area (Å²) in [6.07, 6.45) is 4.76. The van der Waals surface area contributed by atoms with Gasteiger partial charge in [-0.1, -0.05) is 6.92 Å². The van der Waals surface area contributed by atoms with Crippen molar-refractivity contribution in [2.24, 2.45) is 5.92 Å². The summed E-state index contributed by atoms with van der Waals surface area (Å²) in [6.45, 7) is 2.78. The van der Waals surface area contributed by atoms with Gasteiger partial charge in [-0.05, 0) is 49.7 Å². The van der Waals surface area contributed by atoms with E-state index in [1.165, 1.54) is 0 Å². The molecule has 1 unspecified atom stereocenters. The number of anilines is 1. The van der Waals surface area contributed by atoms with Crippen molar-refractivity contribution in [3.05, 3.63) is 22.9 Å². The van der Waals surface area contributed by atoms with Gasteiger partial charge in [0.15, 0.2) is 0 Å². The average Bonchev–Trinajstić information content (AvgIpc) is 2.44. The molecule has 5 heteroatoms. The number of rotatable bonds is 6. The molecule has 1 aliphatic carbocycles. The molecule has 1 aliphatic rings. The molecular formula is C15H22N2O3. The third-order valence-corrected chi connectivity index (χ3v) is 3.77. The van der Waals surface area contributed by atoms with Crippen molar-refractivity contribution in [1.29, 1.82) is 0 Å². The molecule has 0 amide bonds. The minimum Gasteiger partial charge on any atom is -0.478 e. The molecule has 0 spiro atoms. The van der Waals surface area contributed by atoms with Crippen molar-refractivity contribution >= 4 is 11.8 Å². The lowest BCUT2D eigenvalue weighted by atomic mass is 9.94. The van der Waals surface area contributed by atoms with E-state index in [4.69, 9.17) is 5.11 Å². The Hall–Kier alpha value is -1.62. The van der Waals surface area contributed by atoms with Crippen molar-refractivity contribution in [2.45, 2.75) is 39.0 Å². The van der Waals surface area contributed by atoms with Crippen LogP contribution >= 0.6 is 0 Å². The van der Waals surface area contributed by atoms with Crippen LogP contribution in [0.25, 0.3) is 0 Å². The van der Waals surface area contributed by atoms with Crippen LogP contribution in [0.5, 0.6) is 0 Å². The highest BCUT2D eigenvalue weighted by atomic mass is 16.4. The Morgan fingerprint density at radius 2 is 2.20 bits per heavy atom. The standard InChI is InChI=1S/C15H22N2O3/c1-10(6-7-18)9-16-14-12(15(19)20)8-11-4-2-3-5-13(11)17-14/h8,10,18H,2-7,9H2,1H3,(H,16,17)(H,19,20). The van der Waals surface area contributed by atoms with E-state index < -0.39 is 5.97 Å². The van der Waals surface area contributed by atoms with Crippen LogP contribution in [0, 0.1) is 5.92 Å². The minimum absolute atomic E-state index is 0.145. The van der Waals surface area contributed by atoms with Gasteiger partial charge in [0.2, 0.25) is 0 Å². The van der Waals surface area contributed by atoms with E-state index in [0.717, 1.165) is 36.9 Å². The van der Waals surface area contributed by atoms with Crippen molar-refractivity contribution in [1.82, 2.24) is 4.98 Å². The number of hydrogen-bond donors (Lipinski definition) is 3. The van der Waals surface area contributed by atoms with Gasteiger partial charge in [0.05, 0.1) is 0 Å². The molecule has 0 bridgehead atoms. The normalized spacial score (nSPS) is 15.5. The van der Waals surface area contributed by atoms with E-state index in [2.05, 4.69) is 10.3 Å². The number of aromatic nitrogens is 1. The summed E-state index contributed by atoms with van der Waals surface area (Å²) in [6, 6.07) is 1.77. The number of aromatic carboxylic acids is 1. The third-order valence-electron chi connectivity index (χ3n) is 3.77. The monoisotopic (exact) mass is 278 g/mol. The van der Waals surface area contributed by atoms with Crippen LogP contribution in [0.4, 0.5) is 5.82 Å². The Bertz CT molecular complexity index is 488. The number of aliphatic hydroxyl groups is 1. The van der Waals surface area contributed by atoms with Crippen LogP contribution in [0.15, 0.2) is 6.07 Å². The fourth-order valence-electron chi connectivity index (χ4n) is 2.52. The first-order chi connectivity index (χ1) is 9.61. The number of hydrogen-bond acceptors (Lipinski definition) is 4. The van der Waals surface area contributed by atoms with Crippen LogP contribution in [0.2, 0.25) is 0 Å². The highest BCUT2D eigenvalue weighted by Gasteiger charge is 2.19. The number of aliphatic hydroxyl groups excluding tert-OH is 1. The number of carboxylic acid groups (broad SMARTS) is 1. The number of pyridine rings is 1. The Morgan fingerprint density at radius 3 is 2.90 bits per heavy atom. The number of fused-ring (bicyclic) bond motifs is 1. The van der Waals surface area contributed by atoms with Crippen LogP contribution < -0.4 is 5.32 Å². The highest BCUT2D eigenvalue weighted by molar-refractivity contribution is 5.93. The molecule has 0 saturated carbocycles. The lowest BCUT2D eigenvalue weighted by molar-refractivity contribution is 0.0697. The van der Waals surface area contributed by atoms with E-state index in [1.807, 2.05) is 6.92 Å². The molecule has 5 nitrogen and oxygen atoms in total. The van der Waals surface area contributed by atoms with Gasteiger partial charge in [0, 0.05) is 18.8 Å². The predicted molar refractivity (Wildman–Crippen MR) is 77.2 cm³/mol. The Labute approximate surface area is 119 Å². The largest absolute Gasteiger partial charge is 0.478 e. The van der Waals surface area contributed by atoms with Crippen LogP contribution in [-0.4, -0.2) is 34.3 Å². The molecule has 1 atom stereocenters. The Kier molecular flexibility index (Phi) is 4.95. The zero-order chi connectivity index (χ0) is 14.5. The minimum atomic E-state index is -0.941. The fourth-order valence-corrected chi connectivity index (χ4v) is 2.52. The van der Waals surface area contributed by atoms with Crippen LogP contribution in [0.1, 0.15) is 47.8 Å². The summed E-state index contributed by atoms with van der Waals surface area (Å²) in [4.78, 5) is 15.9. The summed E-state index contributed by atoms with van der Waals surface area (Å²) in [5, 5.41) is 21.3. The lowest BCUT2D eigenvalue weighted by Gasteiger charge is -2.19. The molecule has 1 aromatic heterocycles. The first-order valence-electron chi connectivity index (χ1n) is 7.22. The maximum Gasteiger partial charge on any atom is 0.339 e. The summed E-state index contributed by atoms with van der Waals surface area (Å²) in [5.41, 5.74) is 2.35. The van der Waals surface area contributed by atoms with Gasteiger partial charge in [0.1, 0.15) is 11.4 Å². The number of carbonyl (C=O) groups is 1. The Balaban J connectivity index is 2.19. The van der Waals surface area contributed by atoms with E-state index in [1.54, 1.807) is 6.07 Å². The lowest BCUT2D eigenvalue weighted by Crippen LogP contribution is -2.18. The third kappa shape index (κ3) is 3.48. The SMILES string of the molecule is CC(CCO)CNc1nc2c(cc1C(=O)O)CCCC2. The van der Waals surface area contributed by atoms with Gasteiger partial charge in [-0.15, -0.1) is 0 Å². The van der Waals surface area contributed by atoms with Crippen LogP contribution in [-0.2, 0) is 12.8 Å². The van der Waals surface area contributed by atoms with Crippen molar-refractivity contribution in [2.75, 3.05) is 18.5 Å². The van der Waals surface area contributed by atoms with Crippen molar-refractivity contribution < 1.29 is 15.0 Å². The zero-order valence-electron chi connectivity index (χ0n) is 11.9. The van der Waals surface area contributed by atoms with E-state index in [-0.39, 0.29) is 18.1 Å². The van der Waals surface area contributed by atoms with Gasteiger partial charge >= 0.3 is 5.97 Å².